The molecule has 2 aromatic rings. The Morgan fingerprint density at radius 1 is 1.14 bits per heavy atom. The number of allylic oxidation sites excluding steroid dienone is 1. The van der Waals surface area contributed by atoms with Crippen LogP contribution >= 0.6 is 15.9 Å². The molecule has 0 radical (unpaired) electrons. The van der Waals surface area contributed by atoms with Crippen LogP contribution in [0.25, 0.3) is 6.08 Å². The average Bonchev–Trinajstić information content (AvgIpc) is 2.51. The predicted molar refractivity (Wildman–Crippen MR) is 90.2 cm³/mol. The highest BCUT2D eigenvalue weighted by Gasteiger charge is 2.03. The first-order valence-electron chi connectivity index (χ1n) is 6.48. The zero-order valence-corrected chi connectivity index (χ0v) is 13.2. The normalized spacial score (nSPS) is 11.6. The molecule has 0 aliphatic heterocycles. The highest BCUT2D eigenvalue weighted by atomic mass is 79.9. The van der Waals surface area contributed by atoms with Gasteiger partial charge in [0.1, 0.15) is 0 Å². The Kier molecular flexibility index (Phi) is 5.46. The van der Waals surface area contributed by atoms with E-state index >= 15 is 0 Å². The summed E-state index contributed by atoms with van der Waals surface area (Å²) in [5.74, 6) is -0.233. The van der Waals surface area contributed by atoms with Crippen molar-refractivity contribution in [3.63, 3.8) is 0 Å². The molecule has 1 amide bonds. The molecule has 2 aromatic carbocycles. The minimum atomic E-state index is -0.233. The summed E-state index contributed by atoms with van der Waals surface area (Å²) in [5.41, 5.74) is 4.91. The first kappa shape index (κ1) is 15.2. The molecule has 0 saturated heterocycles. The third kappa shape index (κ3) is 5.00. The molecule has 0 spiro atoms. The van der Waals surface area contributed by atoms with Crippen LogP contribution in [0.3, 0.4) is 0 Å². The maximum atomic E-state index is 11.9. The molecule has 0 atom stereocenters. The van der Waals surface area contributed by atoms with Crippen LogP contribution < -0.4 is 5.43 Å². The standard InChI is InChI=1S/C17H15BrN2O/c1-13(10-11-14-6-3-2-4-7-14)19-20-17(21)15-8-5-9-16(18)12-15/h2-12H,1H3,(H,20,21)/b11-10+,19-13-. The molecule has 4 heteroatoms. The lowest BCUT2D eigenvalue weighted by Gasteiger charge is -2.01. The molecule has 21 heavy (non-hydrogen) atoms. The fourth-order valence-corrected chi connectivity index (χ4v) is 2.05. The first-order chi connectivity index (χ1) is 10.1. The van der Waals surface area contributed by atoms with E-state index in [0.29, 0.717) is 5.56 Å². The van der Waals surface area contributed by atoms with Crippen molar-refractivity contribution < 1.29 is 4.79 Å². The van der Waals surface area contributed by atoms with Crippen molar-refractivity contribution in [1.29, 1.82) is 0 Å². The van der Waals surface area contributed by atoms with Crippen molar-refractivity contribution in [2.75, 3.05) is 0 Å². The third-order valence-corrected chi connectivity index (χ3v) is 3.23. The maximum Gasteiger partial charge on any atom is 0.271 e. The number of rotatable bonds is 4. The van der Waals surface area contributed by atoms with Crippen molar-refractivity contribution in [2.45, 2.75) is 6.92 Å². The van der Waals surface area contributed by atoms with Gasteiger partial charge in [0.2, 0.25) is 0 Å². The van der Waals surface area contributed by atoms with E-state index in [1.165, 1.54) is 0 Å². The molecule has 0 aliphatic rings. The van der Waals surface area contributed by atoms with E-state index < -0.39 is 0 Å². The van der Waals surface area contributed by atoms with Gasteiger partial charge in [-0.15, -0.1) is 0 Å². The van der Waals surface area contributed by atoms with Crippen LogP contribution in [0.1, 0.15) is 22.8 Å². The minimum Gasteiger partial charge on any atom is -0.267 e. The number of hydrogen-bond donors (Lipinski definition) is 1. The van der Waals surface area contributed by atoms with Gasteiger partial charge in [-0.25, -0.2) is 5.43 Å². The Morgan fingerprint density at radius 3 is 2.62 bits per heavy atom. The fraction of sp³-hybridized carbons (Fsp3) is 0.0588. The number of carbonyl (C=O) groups excluding carboxylic acids is 1. The second-order valence-corrected chi connectivity index (χ2v) is 5.36. The molecule has 0 bridgehead atoms. The summed E-state index contributed by atoms with van der Waals surface area (Å²) in [6, 6.07) is 17.1. The summed E-state index contributed by atoms with van der Waals surface area (Å²) >= 11 is 3.33. The summed E-state index contributed by atoms with van der Waals surface area (Å²) < 4.78 is 0.861. The Balaban J connectivity index is 1.97. The lowest BCUT2D eigenvalue weighted by Crippen LogP contribution is -2.18. The molecule has 3 nitrogen and oxygen atoms in total. The number of hydrazone groups is 1. The number of amides is 1. The topological polar surface area (TPSA) is 41.5 Å². The summed E-state index contributed by atoms with van der Waals surface area (Å²) in [4.78, 5) is 11.9. The molecule has 0 aliphatic carbocycles. The molecule has 0 saturated carbocycles. The van der Waals surface area contributed by atoms with E-state index in [-0.39, 0.29) is 5.91 Å². The van der Waals surface area contributed by atoms with Gasteiger partial charge in [0.15, 0.2) is 0 Å². The molecule has 0 heterocycles. The van der Waals surface area contributed by atoms with Gasteiger partial charge < -0.3 is 0 Å². The van der Waals surface area contributed by atoms with Gasteiger partial charge in [0.25, 0.3) is 5.91 Å². The van der Waals surface area contributed by atoms with Gasteiger partial charge in [-0.2, -0.15) is 5.10 Å². The van der Waals surface area contributed by atoms with Crippen molar-refractivity contribution >= 4 is 33.6 Å². The third-order valence-electron chi connectivity index (χ3n) is 2.74. The molecule has 0 unspecified atom stereocenters. The SMILES string of the molecule is CC(/C=C/c1ccccc1)=N/NC(=O)c1cccc(Br)c1. The van der Waals surface area contributed by atoms with Crippen molar-refractivity contribution in [3.8, 4) is 0 Å². The quantitative estimate of drug-likeness (QED) is 0.654. The van der Waals surface area contributed by atoms with Crippen LogP contribution in [0.15, 0.2) is 70.2 Å². The Bertz CT molecular complexity index is 678. The van der Waals surface area contributed by atoms with Gasteiger partial charge in [-0.05, 0) is 36.8 Å². The van der Waals surface area contributed by atoms with Gasteiger partial charge >= 0.3 is 0 Å². The van der Waals surface area contributed by atoms with E-state index in [1.54, 1.807) is 12.1 Å². The summed E-state index contributed by atoms with van der Waals surface area (Å²) in [7, 11) is 0. The van der Waals surface area contributed by atoms with Crippen LogP contribution in [0, 0.1) is 0 Å². The van der Waals surface area contributed by atoms with E-state index in [9.17, 15) is 4.79 Å². The first-order valence-corrected chi connectivity index (χ1v) is 7.28. The Hall–Kier alpha value is -2.20. The van der Waals surface area contributed by atoms with E-state index in [4.69, 9.17) is 0 Å². The molecule has 2 rings (SSSR count). The predicted octanol–water partition coefficient (Wildman–Crippen LogP) is 4.27. The summed E-state index contributed by atoms with van der Waals surface area (Å²) in [6.07, 6.45) is 3.81. The Labute approximate surface area is 132 Å². The second-order valence-electron chi connectivity index (χ2n) is 4.45. The van der Waals surface area contributed by atoms with Gasteiger partial charge in [-0.1, -0.05) is 58.4 Å². The smallest absolute Gasteiger partial charge is 0.267 e. The molecule has 1 N–H and O–H groups in total. The highest BCUT2D eigenvalue weighted by Crippen LogP contribution is 2.11. The number of hydrogen-bond acceptors (Lipinski definition) is 2. The second kappa shape index (κ2) is 7.55. The van der Waals surface area contributed by atoms with Crippen LogP contribution in [0.5, 0.6) is 0 Å². The van der Waals surface area contributed by atoms with Crippen molar-refractivity contribution in [1.82, 2.24) is 5.43 Å². The van der Waals surface area contributed by atoms with Crippen LogP contribution in [-0.4, -0.2) is 11.6 Å². The monoisotopic (exact) mass is 342 g/mol. The summed E-state index contributed by atoms with van der Waals surface area (Å²) in [6.45, 7) is 1.83. The maximum absolute atomic E-state index is 11.9. The molecule has 0 fully saturated rings. The van der Waals surface area contributed by atoms with E-state index in [0.717, 1.165) is 15.7 Å². The number of nitrogens with one attached hydrogen (secondary N) is 1. The number of benzene rings is 2. The summed E-state index contributed by atoms with van der Waals surface area (Å²) in [5, 5.41) is 4.06. The van der Waals surface area contributed by atoms with Crippen LogP contribution in [-0.2, 0) is 0 Å². The van der Waals surface area contributed by atoms with Gasteiger partial charge in [0.05, 0.1) is 5.71 Å². The van der Waals surface area contributed by atoms with E-state index in [1.807, 2.05) is 61.5 Å². The fourth-order valence-electron chi connectivity index (χ4n) is 1.65. The van der Waals surface area contributed by atoms with Crippen LogP contribution in [0.2, 0.25) is 0 Å². The lowest BCUT2D eigenvalue weighted by atomic mass is 10.2. The molecule has 106 valence electrons. The average molecular weight is 343 g/mol. The zero-order chi connectivity index (χ0) is 15.1. The highest BCUT2D eigenvalue weighted by molar-refractivity contribution is 9.10. The number of nitrogens with zero attached hydrogens (tertiary/aromatic N) is 1. The Morgan fingerprint density at radius 2 is 1.90 bits per heavy atom. The molecular weight excluding hydrogens is 328 g/mol. The van der Waals surface area contributed by atoms with Gasteiger partial charge in [0, 0.05) is 10.0 Å². The number of halogens is 1. The lowest BCUT2D eigenvalue weighted by molar-refractivity contribution is 0.0955. The van der Waals surface area contributed by atoms with Gasteiger partial charge in [-0.3, -0.25) is 4.79 Å². The minimum absolute atomic E-state index is 0.233. The van der Waals surface area contributed by atoms with Crippen molar-refractivity contribution in [3.05, 3.63) is 76.3 Å². The zero-order valence-electron chi connectivity index (χ0n) is 11.6. The molecule has 0 aromatic heterocycles. The van der Waals surface area contributed by atoms with Crippen molar-refractivity contribution in [2.24, 2.45) is 5.10 Å². The van der Waals surface area contributed by atoms with Crippen LogP contribution in [0.4, 0.5) is 0 Å². The van der Waals surface area contributed by atoms with E-state index in [2.05, 4.69) is 26.5 Å². The number of carbonyl (C=O) groups is 1. The molecular formula is C17H15BrN2O. The largest absolute Gasteiger partial charge is 0.271 e.